The molecule has 1 unspecified atom stereocenters. The Bertz CT molecular complexity index is 1040. The maximum absolute atomic E-state index is 13.8. The van der Waals surface area contributed by atoms with Gasteiger partial charge in [-0.15, -0.1) is 0 Å². The lowest BCUT2D eigenvalue weighted by atomic mass is 10.0. The molecule has 4 nitrogen and oxygen atoms in total. The van der Waals surface area contributed by atoms with Crippen molar-refractivity contribution in [1.82, 2.24) is 0 Å². The summed E-state index contributed by atoms with van der Waals surface area (Å²) in [6, 6.07) is 20.2. The molecule has 1 aliphatic rings. The zero-order chi connectivity index (χ0) is 18.1. The van der Waals surface area contributed by atoms with Crippen molar-refractivity contribution in [1.29, 1.82) is 0 Å². The fourth-order valence-corrected chi connectivity index (χ4v) is 5.73. The molecule has 0 amide bonds. The summed E-state index contributed by atoms with van der Waals surface area (Å²) >= 11 is 0. The Balaban J connectivity index is 1.82. The number of benzene rings is 3. The normalized spacial score (nSPS) is 17.7. The van der Waals surface area contributed by atoms with E-state index in [1.165, 1.54) is 0 Å². The average Bonchev–Trinajstić information content (AvgIpc) is 2.65. The number of hydrogen-bond acceptors (Lipinski definition) is 4. The van der Waals surface area contributed by atoms with Crippen molar-refractivity contribution in [2.24, 2.45) is 0 Å². The van der Waals surface area contributed by atoms with Crippen LogP contribution in [0.25, 0.3) is 11.1 Å². The molecule has 1 atom stereocenters. The Labute approximate surface area is 151 Å². The Hall–Kier alpha value is -2.84. The smallest absolute Gasteiger partial charge is 0.282 e. The highest BCUT2D eigenvalue weighted by molar-refractivity contribution is 7.67. The van der Waals surface area contributed by atoms with Crippen LogP contribution >= 0.6 is 7.37 Å². The lowest BCUT2D eigenvalue weighted by Crippen LogP contribution is -2.19. The summed E-state index contributed by atoms with van der Waals surface area (Å²) in [7, 11) is -3.27. The summed E-state index contributed by atoms with van der Waals surface area (Å²) in [5, 5.41) is 11.1. The van der Waals surface area contributed by atoms with Gasteiger partial charge in [-0.05, 0) is 17.7 Å². The monoisotopic (exact) mass is 364 g/mol. The molecule has 3 aromatic rings. The molecule has 0 aliphatic carbocycles. The fourth-order valence-electron chi connectivity index (χ4n) is 3.34. The summed E-state index contributed by atoms with van der Waals surface area (Å²) < 4.78 is 19.8. The molecule has 3 aromatic carbocycles. The molecule has 0 radical (unpaired) electrons. The highest BCUT2D eigenvalue weighted by atomic mass is 31.2. The molecule has 4 rings (SSSR count). The van der Waals surface area contributed by atoms with Gasteiger partial charge in [0, 0.05) is 23.1 Å². The SMILES string of the molecule is O=CCc1cccc(CP2(=O)Oc3ccccc3-c3ccccc32)c1O. The summed E-state index contributed by atoms with van der Waals surface area (Å²) in [4.78, 5) is 10.8. The van der Waals surface area contributed by atoms with Crippen molar-refractivity contribution in [2.75, 3.05) is 0 Å². The van der Waals surface area contributed by atoms with Crippen molar-refractivity contribution in [3.8, 4) is 22.6 Å². The number of aromatic hydroxyl groups is 1. The van der Waals surface area contributed by atoms with E-state index in [2.05, 4.69) is 0 Å². The first-order chi connectivity index (χ1) is 12.6. The van der Waals surface area contributed by atoms with Crippen LogP contribution in [0.1, 0.15) is 11.1 Å². The quantitative estimate of drug-likeness (QED) is 0.554. The Morgan fingerprint density at radius 1 is 0.885 bits per heavy atom. The topological polar surface area (TPSA) is 63.6 Å². The van der Waals surface area contributed by atoms with E-state index in [-0.39, 0.29) is 18.3 Å². The van der Waals surface area contributed by atoms with Gasteiger partial charge in [-0.1, -0.05) is 54.6 Å². The van der Waals surface area contributed by atoms with Crippen LogP contribution in [0.4, 0.5) is 0 Å². The highest BCUT2D eigenvalue weighted by Crippen LogP contribution is 2.57. The third kappa shape index (κ3) is 2.73. The molecule has 1 aliphatic heterocycles. The number of phenolic OH excluding ortho intramolecular Hbond substituents is 1. The molecule has 0 spiro atoms. The van der Waals surface area contributed by atoms with Crippen molar-refractivity contribution < 1.29 is 19.0 Å². The molecule has 0 bridgehead atoms. The minimum absolute atomic E-state index is 0.00904. The van der Waals surface area contributed by atoms with Gasteiger partial charge in [-0.2, -0.15) is 0 Å². The van der Waals surface area contributed by atoms with Gasteiger partial charge >= 0.3 is 0 Å². The number of hydrogen-bond donors (Lipinski definition) is 1. The largest absolute Gasteiger partial charge is 0.507 e. The first-order valence-electron chi connectivity index (χ1n) is 8.33. The van der Waals surface area contributed by atoms with Gasteiger partial charge in [-0.3, -0.25) is 4.57 Å². The third-order valence-corrected chi connectivity index (χ3v) is 6.95. The van der Waals surface area contributed by atoms with Crippen molar-refractivity contribution >= 4 is 19.0 Å². The van der Waals surface area contributed by atoms with Crippen molar-refractivity contribution in [3.05, 3.63) is 77.9 Å². The van der Waals surface area contributed by atoms with E-state index >= 15 is 0 Å². The summed E-state index contributed by atoms with van der Waals surface area (Å²) in [6.07, 6.45) is 0.921. The van der Waals surface area contributed by atoms with Gasteiger partial charge < -0.3 is 14.4 Å². The third-order valence-electron chi connectivity index (χ3n) is 4.58. The molecule has 1 N–H and O–H groups in total. The lowest BCUT2D eigenvalue weighted by molar-refractivity contribution is -0.107. The van der Waals surface area contributed by atoms with E-state index in [1.807, 2.05) is 42.5 Å². The second kappa shape index (κ2) is 6.47. The van der Waals surface area contributed by atoms with Crippen molar-refractivity contribution in [2.45, 2.75) is 12.6 Å². The molecular formula is C21H17O4P. The predicted octanol–water partition coefficient (Wildman–Crippen LogP) is 4.30. The number of carbonyl (C=O) groups excluding carboxylic acids is 1. The predicted molar refractivity (Wildman–Crippen MR) is 101 cm³/mol. The Morgan fingerprint density at radius 2 is 1.58 bits per heavy atom. The molecule has 1 heterocycles. The number of phenols is 1. The number of fused-ring (bicyclic) bond motifs is 3. The zero-order valence-corrected chi connectivity index (χ0v) is 14.9. The molecule has 130 valence electrons. The maximum atomic E-state index is 13.8. The minimum Gasteiger partial charge on any atom is -0.507 e. The van der Waals surface area contributed by atoms with Crippen molar-refractivity contribution in [3.63, 3.8) is 0 Å². The van der Waals surface area contributed by atoms with Crippen LogP contribution < -0.4 is 9.83 Å². The van der Waals surface area contributed by atoms with E-state index < -0.39 is 7.37 Å². The highest BCUT2D eigenvalue weighted by Gasteiger charge is 2.36. The van der Waals surface area contributed by atoms with E-state index in [1.54, 1.807) is 24.3 Å². The second-order valence-corrected chi connectivity index (χ2v) is 8.56. The van der Waals surface area contributed by atoms with Gasteiger partial charge in [0.1, 0.15) is 17.8 Å². The number of rotatable bonds is 4. The van der Waals surface area contributed by atoms with Crippen LogP contribution in [0, 0.1) is 0 Å². The van der Waals surface area contributed by atoms with Crippen LogP contribution in [-0.2, 0) is 21.9 Å². The van der Waals surface area contributed by atoms with Gasteiger partial charge in [0.25, 0.3) is 7.37 Å². The molecule has 0 saturated carbocycles. The van der Waals surface area contributed by atoms with E-state index in [4.69, 9.17) is 4.52 Å². The van der Waals surface area contributed by atoms with E-state index in [0.29, 0.717) is 22.2 Å². The zero-order valence-electron chi connectivity index (χ0n) is 14.0. The van der Waals surface area contributed by atoms with E-state index in [0.717, 1.165) is 17.4 Å². The van der Waals surface area contributed by atoms with Gasteiger partial charge in [0.05, 0.1) is 11.5 Å². The molecule has 5 heteroatoms. The summed E-state index contributed by atoms with van der Waals surface area (Å²) in [6.45, 7) is 0. The van der Waals surface area contributed by atoms with Crippen LogP contribution in [0.15, 0.2) is 66.7 Å². The summed E-state index contributed by atoms with van der Waals surface area (Å²) in [5.74, 6) is 0.591. The molecule has 26 heavy (non-hydrogen) atoms. The second-order valence-electron chi connectivity index (χ2n) is 6.23. The van der Waals surface area contributed by atoms with Crippen LogP contribution in [0.5, 0.6) is 11.5 Å². The minimum atomic E-state index is -3.27. The first kappa shape index (κ1) is 16.6. The Kier molecular flexibility index (Phi) is 4.14. The number of para-hydroxylation sites is 2. The van der Waals surface area contributed by atoms with Gasteiger partial charge in [0.2, 0.25) is 0 Å². The average molecular weight is 364 g/mol. The molecular weight excluding hydrogens is 347 g/mol. The van der Waals surface area contributed by atoms with Gasteiger partial charge in [-0.25, -0.2) is 0 Å². The number of aldehydes is 1. The van der Waals surface area contributed by atoms with E-state index in [9.17, 15) is 14.5 Å². The van der Waals surface area contributed by atoms with Crippen LogP contribution in [0.2, 0.25) is 0 Å². The van der Waals surface area contributed by atoms with Gasteiger partial charge in [0.15, 0.2) is 0 Å². The number of carbonyl (C=O) groups is 1. The van der Waals surface area contributed by atoms with Crippen LogP contribution in [-0.4, -0.2) is 11.4 Å². The van der Waals surface area contributed by atoms with Crippen LogP contribution in [0.3, 0.4) is 0 Å². The standard InChI is InChI=1S/C21H17O4P/c22-13-12-15-6-5-7-16(21(15)23)14-26(24)20-11-4-2-9-18(20)17-8-1-3-10-19(17)25-26/h1-11,13,23H,12,14H2. The molecule has 0 aromatic heterocycles. The maximum Gasteiger partial charge on any atom is 0.282 e. The molecule has 0 saturated heterocycles. The molecule has 0 fully saturated rings. The lowest BCUT2D eigenvalue weighted by Gasteiger charge is -2.29. The summed E-state index contributed by atoms with van der Waals surface area (Å²) in [5.41, 5.74) is 2.84. The first-order valence-corrected chi connectivity index (χ1v) is 10.1. The Morgan fingerprint density at radius 3 is 2.38 bits per heavy atom. The fraction of sp³-hybridized carbons (Fsp3) is 0.0952.